The summed E-state index contributed by atoms with van der Waals surface area (Å²) in [6.07, 6.45) is 3.79. The second-order valence-corrected chi connectivity index (χ2v) is 10.3. The number of aromatic nitrogens is 4. The highest BCUT2D eigenvalue weighted by Crippen LogP contribution is 2.29. The molecule has 0 saturated heterocycles. The van der Waals surface area contributed by atoms with Gasteiger partial charge in [-0.2, -0.15) is 4.31 Å². The Bertz CT molecular complexity index is 1340. The Morgan fingerprint density at radius 3 is 2.55 bits per heavy atom. The normalized spacial score (nSPS) is 12.4. The molecule has 7 nitrogen and oxygen atoms in total. The maximum absolute atomic E-state index is 12.9. The van der Waals surface area contributed by atoms with Crippen LogP contribution in [-0.4, -0.2) is 44.7 Å². The SMILES string of the molecule is CCN(CC)S(=O)(=O)c1ccc2c(c1)nc(SCc1cn3cc(Cl)ccc3n1)n2CC. The highest BCUT2D eigenvalue weighted by atomic mass is 35.5. The largest absolute Gasteiger partial charge is 0.319 e. The zero-order valence-electron chi connectivity index (χ0n) is 17.6. The van der Waals surface area contributed by atoms with E-state index in [9.17, 15) is 8.42 Å². The van der Waals surface area contributed by atoms with E-state index in [4.69, 9.17) is 16.6 Å². The lowest BCUT2D eigenvalue weighted by Crippen LogP contribution is -2.30. The predicted molar refractivity (Wildman–Crippen MR) is 125 cm³/mol. The molecule has 0 aliphatic rings. The molecule has 0 atom stereocenters. The Kier molecular flexibility index (Phi) is 6.30. The van der Waals surface area contributed by atoms with Crippen molar-refractivity contribution in [2.45, 2.75) is 43.1 Å². The minimum atomic E-state index is -3.52. The van der Waals surface area contributed by atoms with Crippen LogP contribution in [0, 0.1) is 0 Å². The summed E-state index contributed by atoms with van der Waals surface area (Å²) >= 11 is 7.64. The molecule has 3 aromatic heterocycles. The second-order valence-electron chi connectivity index (χ2n) is 7.01. The summed E-state index contributed by atoms with van der Waals surface area (Å²) in [6, 6.07) is 8.90. The third-order valence-corrected chi connectivity index (χ3v) is 8.44. The molecule has 164 valence electrons. The van der Waals surface area contributed by atoms with Crippen LogP contribution < -0.4 is 0 Å². The fraction of sp³-hybridized carbons (Fsp3) is 0.333. The van der Waals surface area contributed by atoms with Gasteiger partial charge >= 0.3 is 0 Å². The van der Waals surface area contributed by atoms with Crippen molar-refractivity contribution in [2.75, 3.05) is 13.1 Å². The number of aryl methyl sites for hydroxylation is 1. The van der Waals surface area contributed by atoms with Gasteiger partial charge in [0.1, 0.15) is 5.65 Å². The number of fused-ring (bicyclic) bond motifs is 2. The number of nitrogens with zero attached hydrogens (tertiary/aromatic N) is 5. The Balaban J connectivity index is 1.64. The van der Waals surface area contributed by atoms with Gasteiger partial charge in [0.05, 0.1) is 26.6 Å². The zero-order valence-corrected chi connectivity index (χ0v) is 20.0. The maximum Gasteiger partial charge on any atom is 0.243 e. The molecule has 0 aliphatic heterocycles. The lowest BCUT2D eigenvalue weighted by Gasteiger charge is -2.18. The Hall–Kier alpha value is -2.07. The van der Waals surface area contributed by atoms with E-state index < -0.39 is 10.0 Å². The number of thioether (sulfide) groups is 1. The van der Waals surface area contributed by atoms with Gasteiger partial charge in [0, 0.05) is 37.8 Å². The van der Waals surface area contributed by atoms with E-state index in [1.54, 1.807) is 23.9 Å². The van der Waals surface area contributed by atoms with Gasteiger partial charge in [-0.05, 0) is 37.3 Å². The minimum absolute atomic E-state index is 0.276. The molecule has 31 heavy (non-hydrogen) atoms. The molecule has 0 fully saturated rings. The first kappa shape index (κ1) is 22.1. The average Bonchev–Trinajstić information content (AvgIpc) is 3.31. The summed E-state index contributed by atoms with van der Waals surface area (Å²) in [7, 11) is -3.52. The van der Waals surface area contributed by atoms with Crippen LogP contribution in [-0.2, 0) is 22.3 Å². The fourth-order valence-electron chi connectivity index (χ4n) is 3.60. The molecule has 0 spiro atoms. The van der Waals surface area contributed by atoms with E-state index in [1.165, 1.54) is 4.31 Å². The van der Waals surface area contributed by atoms with Gasteiger partial charge in [-0.15, -0.1) is 0 Å². The molecule has 0 N–H and O–H groups in total. The van der Waals surface area contributed by atoms with Crippen LogP contribution in [0.3, 0.4) is 0 Å². The molecule has 0 amide bonds. The van der Waals surface area contributed by atoms with Gasteiger partial charge < -0.3 is 8.97 Å². The van der Waals surface area contributed by atoms with Gasteiger partial charge in [0.15, 0.2) is 5.16 Å². The molecule has 0 saturated carbocycles. The number of hydrogen-bond acceptors (Lipinski definition) is 5. The molecule has 1 aromatic carbocycles. The molecule has 10 heteroatoms. The van der Waals surface area contributed by atoms with E-state index in [-0.39, 0.29) is 4.90 Å². The topological polar surface area (TPSA) is 72.5 Å². The first-order valence-electron chi connectivity index (χ1n) is 10.1. The third-order valence-electron chi connectivity index (χ3n) is 5.16. The number of imidazole rings is 2. The molecule has 4 aromatic rings. The van der Waals surface area contributed by atoms with Crippen LogP contribution >= 0.6 is 23.4 Å². The van der Waals surface area contributed by atoms with Crippen molar-refractivity contribution in [1.29, 1.82) is 0 Å². The van der Waals surface area contributed by atoms with E-state index in [0.717, 1.165) is 28.6 Å². The minimum Gasteiger partial charge on any atom is -0.319 e. The van der Waals surface area contributed by atoms with Gasteiger partial charge in [-0.1, -0.05) is 37.2 Å². The summed E-state index contributed by atoms with van der Waals surface area (Å²) in [6.45, 7) is 7.35. The van der Waals surface area contributed by atoms with Crippen LogP contribution in [0.4, 0.5) is 0 Å². The van der Waals surface area contributed by atoms with Gasteiger partial charge in [-0.25, -0.2) is 18.4 Å². The Labute approximate surface area is 191 Å². The number of halogens is 1. The van der Waals surface area contributed by atoms with Crippen molar-refractivity contribution in [1.82, 2.24) is 23.2 Å². The van der Waals surface area contributed by atoms with Crippen LogP contribution in [0.25, 0.3) is 16.7 Å². The van der Waals surface area contributed by atoms with Crippen molar-refractivity contribution in [3.8, 4) is 0 Å². The quantitative estimate of drug-likeness (QED) is 0.344. The van der Waals surface area contributed by atoms with Gasteiger partial charge in [-0.3, -0.25) is 0 Å². The summed E-state index contributed by atoms with van der Waals surface area (Å²) in [5, 5.41) is 1.50. The maximum atomic E-state index is 12.9. The molecule has 3 heterocycles. The lowest BCUT2D eigenvalue weighted by molar-refractivity contribution is 0.445. The molecular weight excluding hydrogens is 454 g/mol. The Morgan fingerprint density at radius 2 is 1.84 bits per heavy atom. The molecule has 4 rings (SSSR count). The van der Waals surface area contributed by atoms with Crippen LogP contribution in [0.1, 0.15) is 26.5 Å². The molecule has 0 bridgehead atoms. The molecule has 0 unspecified atom stereocenters. The number of pyridine rings is 1. The second kappa shape index (κ2) is 8.82. The highest BCUT2D eigenvalue weighted by Gasteiger charge is 2.23. The van der Waals surface area contributed by atoms with Crippen LogP contribution in [0.5, 0.6) is 0 Å². The van der Waals surface area contributed by atoms with Crippen LogP contribution in [0.2, 0.25) is 5.02 Å². The van der Waals surface area contributed by atoms with Gasteiger partial charge in [0.2, 0.25) is 10.0 Å². The van der Waals surface area contributed by atoms with Gasteiger partial charge in [0.25, 0.3) is 0 Å². The zero-order chi connectivity index (χ0) is 22.2. The van der Waals surface area contributed by atoms with Crippen molar-refractivity contribution < 1.29 is 8.42 Å². The first-order chi connectivity index (χ1) is 14.9. The number of rotatable bonds is 8. The Morgan fingerprint density at radius 1 is 1.06 bits per heavy atom. The van der Waals surface area contributed by atoms with Crippen molar-refractivity contribution in [3.05, 3.63) is 53.4 Å². The van der Waals surface area contributed by atoms with Crippen molar-refractivity contribution in [2.24, 2.45) is 0 Å². The van der Waals surface area contributed by atoms with E-state index in [0.29, 0.717) is 29.4 Å². The highest BCUT2D eigenvalue weighted by molar-refractivity contribution is 7.98. The number of benzene rings is 1. The van der Waals surface area contributed by atoms with Crippen molar-refractivity contribution >= 4 is 50.1 Å². The van der Waals surface area contributed by atoms with E-state index >= 15 is 0 Å². The fourth-order valence-corrected chi connectivity index (χ4v) is 6.21. The van der Waals surface area contributed by atoms with Crippen LogP contribution in [0.15, 0.2) is 52.8 Å². The number of sulfonamides is 1. The first-order valence-corrected chi connectivity index (χ1v) is 12.9. The lowest BCUT2D eigenvalue weighted by atomic mass is 10.3. The number of hydrogen-bond donors (Lipinski definition) is 0. The monoisotopic (exact) mass is 477 g/mol. The summed E-state index contributed by atoms with van der Waals surface area (Å²) in [5.74, 6) is 0.646. The van der Waals surface area contributed by atoms with Crippen molar-refractivity contribution in [3.63, 3.8) is 0 Å². The predicted octanol–water partition coefficient (Wildman–Crippen LogP) is 4.68. The summed E-state index contributed by atoms with van der Waals surface area (Å²) in [5.41, 5.74) is 3.37. The molecule has 0 radical (unpaired) electrons. The average molecular weight is 478 g/mol. The van der Waals surface area contributed by atoms with E-state index in [2.05, 4.69) is 16.5 Å². The summed E-state index contributed by atoms with van der Waals surface area (Å²) < 4.78 is 31.2. The summed E-state index contributed by atoms with van der Waals surface area (Å²) in [4.78, 5) is 9.64. The smallest absolute Gasteiger partial charge is 0.243 e. The van der Waals surface area contributed by atoms with E-state index in [1.807, 2.05) is 48.8 Å². The molecule has 0 aliphatic carbocycles. The molecular formula is C21H24ClN5O2S2. The third kappa shape index (κ3) is 4.19. The standard InChI is InChI=1S/C21H24ClN5O2S2/c1-4-26(5-2)31(28,29)17-8-9-19-18(11-17)24-21(27(19)6-3)30-14-16-13-25-12-15(22)7-10-20(25)23-16/h7-13H,4-6,14H2,1-3H3.